The molecule has 1 N–H and O–H groups in total. The first-order valence-corrected chi connectivity index (χ1v) is 13.5. The molecule has 1 amide bonds. The highest BCUT2D eigenvalue weighted by Gasteiger charge is 2.34. The van der Waals surface area contributed by atoms with Gasteiger partial charge in [-0.2, -0.15) is 18.3 Å². The van der Waals surface area contributed by atoms with Crippen LogP contribution in [0.1, 0.15) is 51.7 Å². The van der Waals surface area contributed by atoms with Gasteiger partial charge in [0.25, 0.3) is 0 Å². The summed E-state index contributed by atoms with van der Waals surface area (Å²) in [7, 11) is 0. The Kier molecular flexibility index (Phi) is 8.89. The number of benzene rings is 2. The van der Waals surface area contributed by atoms with Crippen LogP contribution in [0, 0.1) is 12.3 Å². The number of carbonyl (C=O) groups is 2. The molecule has 0 bridgehead atoms. The number of nitrogens with zero attached hydrogens (tertiary/aromatic N) is 3. The Bertz CT molecular complexity index is 1610. The average Bonchev–Trinajstić information content (AvgIpc) is 3.35. The van der Waals surface area contributed by atoms with Gasteiger partial charge < -0.3 is 14.8 Å². The van der Waals surface area contributed by atoms with Gasteiger partial charge in [-0.15, -0.1) is 0 Å². The number of hydrogen-bond donors (Lipinski definition) is 1. The molecule has 42 heavy (non-hydrogen) atoms. The second-order valence-electron chi connectivity index (χ2n) is 10.8. The van der Waals surface area contributed by atoms with Crippen molar-refractivity contribution in [3.8, 4) is 28.3 Å². The molecule has 2 aromatic heterocycles. The maximum Gasteiger partial charge on any atom is 0.417 e. The molecular formula is C31H33F3N4O4. The van der Waals surface area contributed by atoms with E-state index in [0.717, 1.165) is 11.6 Å². The summed E-state index contributed by atoms with van der Waals surface area (Å²) >= 11 is 0. The van der Waals surface area contributed by atoms with Gasteiger partial charge in [-0.1, -0.05) is 32.9 Å². The second kappa shape index (κ2) is 12.2. The number of aromatic nitrogens is 3. The van der Waals surface area contributed by atoms with Crippen LogP contribution in [0.15, 0.2) is 54.7 Å². The van der Waals surface area contributed by atoms with E-state index in [1.807, 2.05) is 45.9 Å². The lowest BCUT2D eigenvalue weighted by Crippen LogP contribution is -2.27. The lowest BCUT2D eigenvalue weighted by atomic mass is 9.95. The van der Waals surface area contributed by atoms with Gasteiger partial charge in [-0.3, -0.25) is 9.59 Å². The lowest BCUT2D eigenvalue weighted by molar-refractivity contribution is -0.143. The maximum atomic E-state index is 13.9. The molecule has 0 saturated carbocycles. The predicted octanol–water partition coefficient (Wildman–Crippen LogP) is 7.10. The number of halogens is 3. The largest absolute Gasteiger partial charge is 0.494 e. The molecule has 222 valence electrons. The van der Waals surface area contributed by atoms with E-state index in [1.54, 1.807) is 19.2 Å². The van der Waals surface area contributed by atoms with E-state index in [9.17, 15) is 22.8 Å². The standard InChI is InChI=1S/C31H33F3N4O4/c1-6-41-28(39)8-7-15-42-21-11-12-23(31(32,33)34)22(17-21)24-13-14-27-35-26(18-38(27)37-24)20-10-9-19(2)25(16-20)36-29(40)30(3,4)5/h9-14,16-18H,6-8,15H2,1-5H3,(H,36,40). The Morgan fingerprint density at radius 3 is 2.45 bits per heavy atom. The first-order valence-electron chi connectivity index (χ1n) is 13.5. The SMILES string of the molecule is CCOC(=O)CCCOc1ccc(C(F)(F)F)c(-c2ccc3nc(-c4ccc(C)c(NC(=O)C(C)(C)C)c4)cn3n2)c1. The van der Waals surface area contributed by atoms with E-state index in [2.05, 4.69) is 15.4 Å². The molecule has 11 heteroatoms. The van der Waals surface area contributed by atoms with Crippen molar-refractivity contribution in [2.24, 2.45) is 5.41 Å². The van der Waals surface area contributed by atoms with Gasteiger partial charge in [-0.05, 0) is 62.2 Å². The number of rotatable bonds is 9. The quantitative estimate of drug-likeness (QED) is 0.167. The van der Waals surface area contributed by atoms with Crippen LogP contribution in [0.25, 0.3) is 28.2 Å². The molecule has 0 atom stereocenters. The normalized spacial score (nSPS) is 11.9. The maximum absolute atomic E-state index is 13.9. The number of alkyl halides is 3. The van der Waals surface area contributed by atoms with Crippen LogP contribution in [0.3, 0.4) is 0 Å². The molecule has 0 fully saturated rings. The number of aryl methyl sites for hydroxylation is 1. The van der Waals surface area contributed by atoms with Crippen LogP contribution in [-0.2, 0) is 20.5 Å². The topological polar surface area (TPSA) is 94.8 Å². The average molecular weight is 583 g/mol. The Balaban J connectivity index is 1.63. The summed E-state index contributed by atoms with van der Waals surface area (Å²) in [5.74, 6) is -0.266. The number of fused-ring (bicyclic) bond motifs is 1. The monoisotopic (exact) mass is 582 g/mol. The Morgan fingerprint density at radius 1 is 1.00 bits per heavy atom. The van der Waals surface area contributed by atoms with Crippen molar-refractivity contribution in [2.45, 2.75) is 53.6 Å². The van der Waals surface area contributed by atoms with Crippen molar-refractivity contribution >= 4 is 23.2 Å². The fraction of sp³-hybridized carbons (Fsp3) is 0.355. The third kappa shape index (κ3) is 7.26. The zero-order valence-electron chi connectivity index (χ0n) is 24.1. The van der Waals surface area contributed by atoms with Crippen molar-refractivity contribution in [1.29, 1.82) is 0 Å². The second-order valence-corrected chi connectivity index (χ2v) is 10.8. The van der Waals surface area contributed by atoms with E-state index in [0.29, 0.717) is 29.0 Å². The molecule has 8 nitrogen and oxygen atoms in total. The fourth-order valence-electron chi connectivity index (χ4n) is 4.10. The first kappa shape index (κ1) is 30.5. The highest BCUT2D eigenvalue weighted by molar-refractivity contribution is 5.95. The number of carbonyl (C=O) groups excluding carboxylic acids is 2. The van der Waals surface area contributed by atoms with E-state index in [-0.39, 0.29) is 48.5 Å². The van der Waals surface area contributed by atoms with Gasteiger partial charge in [0.1, 0.15) is 5.75 Å². The summed E-state index contributed by atoms with van der Waals surface area (Å²) in [5.41, 5.74) is 1.72. The summed E-state index contributed by atoms with van der Waals surface area (Å²) in [4.78, 5) is 28.7. The summed E-state index contributed by atoms with van der Waals surface area (Å²) < 4.78 is 53.7. The van der Waals surface area contributed by atoms with Crippen LogP contribution >= 0.6 is 0 Å². The smallest absolute Gasteiger partial charge is 0.417 e. The van der Waals surface area contributed by atoms with Crippen molar-refractivity contribution in [3.05, 3.63) is 65.9 Å². The lowest BCUT2D eigenvalue weighted by Gasteiger charge is -2.19. The molecule has 0 aliphatic carbocycles. The highest BCUT2D eigenvalue weighted by atomic mass is 19.4. The molecule has 0 aliphatic heterocycles. The zero-order valence-corrected chi connectivity index (χ0v) is 24.1. The summed E-state index contributed by atoms with van der Waals surface area (Å²) in [6.45, 7) is 9.48. The molecule has 0 aliphatic rings. The molecule has 2 aromatic carbocycles. The molecular weight excluding hydrogens is 549 g/mol. The third-order valence-corrected chi connectivity index (χ3v) is 6.45. The fourth-order valence-corrected chi connectivity index (χ4v) is 4.10. The number of imidazole rings is 1. The van der Waals surface area contributed by atoms with Crippen molar-refractivity contribution in [2.75, 3.05) is 18.5 Å². The Hall–Kier alpha value is -4.41. The number of anilines is 1. The van der Waals surface area contributed by atoms with Crippen LogP contribution in [-0.4, -0.2) is 39.7 Å². The zero-order chi connectivity index (χ0) is 30.7. The van der Waals surface area contributed by atoms with Gasteiger partial charge in [0, 0.05) is 28.7 Å². The summed E-state index contributed by atoms with van der Waals surface area (Å²) in [6, 6.07) is 12.1. The van der Waals surface area contributed by atoms with Gasteiger partial charge in [0.15, 0.2) is 5.65 Å². The number of ether oxygens (including phenoxy) is 2. The molecule has 0 unspecified atom stereocenters. The van der Waals surface area contributed by atoms with E-state index in [1.165, 1.54) is 22.7 Å². The summed E-state index contributed by atoms with van der Waals surface area (Å²) in [6.07, 6.45) is -2.49. The van der Waals surface area contributed by atoms with Crippen LogP contribution < -0.4 is 10.1 Å². The van der Waals surface area contributed by atoms with Crippen LogP contribution in [0.4, 0.5) is 18.9 Å². The van der Waals surface area contributed by atoms with Crippen LogP contribution in [0.5, 0.6) is 5.75 Å². The minimum atomic E-state index is -4.62. The number of esters is 1. The van der Waals surface area contributed by atoms with E-state index < -0.39 is 17.2 Å². The van der Waals surface area contributed by atoms with Crippen molar-refractivity contribution in [3.63, 3.8) is 0 Å². The number of nitrogens with one attached hydrogen (secondary N) is 1. The van der Waals surface area contributed by atoms with Crippen molar-refractivity contribution < 1.29 is 32.2 Å². The first-order chi connectivity index (χ1) is 19.8. The number of hydrogen-bond acceptors (Lipinski definition) is 6. The molecule has 4 rings (SSSR count). The molecule has 2 heterocycles. The molecule has 0 saturated heterocycles. The van der Waals surface area contributed by atoms with Gasteiger partial charge in [-0.25, -0.2) is 9.50 Å². The minimum Gasteiger partial charge on any atom is -0.494 e. The van der Waals surface area contributed by atoms with Gasteiger partial charge >= 0.3 is 12.1 Å². The highest BCUT2D eigenvalue weighted by Crippen LogP contribution is 2.38. The van der Waals surface area contributed by atoms with Crippen molar-refractivity contribution in [1.82, 2.24) is 14.6 Å². The van der Waals surface area contributed by atoms with Gasteiger partial charge in [0.2, 0.25) is 5.91 Å². The molecule has 4 aromatic rings. The Labute approximate surface area is 241 Å². The van der Waals surface area contributed by atoms with Crippen LogP contribution in [0.2, 0.25) is 0 Å². The Morgan fingerprint density at radius 2 is 1.76 bits per heavy atom. The summed E-state index contributed by atoms with van der Waals surface area (Å²) in [5, 5.41) is 7.38. The van der Waals surface area contributed by atoms with E-state index in [4.69, 9.17) is 9.47 Å². The van der Waals surface area contributed by atoms with E-state index >= 15 is 0 Å². The number of amides is 1. The minimum absolute atomic E-state index is 0.0813. The predicted molar refractivity (Wildman–Crippen MR) is 153 cm³/mol. The third-order valence-electron chi connectivity index (χ3n) is 6.45. The molecule has 0 radical (unpaired) electrons. The molecule has 0 spiro atoms. The van der Waals surface area contributed by atoms with Gasteiger partial charge in [0.05, 0.1) is 36.4 Å².